The molecule has 1 atom stereocenters. The first-order chi connectivity index (χ1) is 10.2. The summed E-state index contributed by atoms with van der Waals surface area (Å²) >= 11 is 0. The van der Waals surface area contributed by atoms with Crippen molar-refractivity contribution in [2.75, 3.05) is 13.2 Å². The Labute approximate surface area is 124 Å². The van der Waals surface area contributed by atoms with E-state index in [1.807, 2.05) is 19.1 Å². The molecule has 1 aliphatic rings. The van der Waals surface area contributed by atoms with Gasteiger partial charge < -0.3 is 9.72 Å². The number of rotatable bonds is 4. The Bertz CT molecular complexity index is 662. The summed E-state index contributed by atoms with van der Waals surface area (Å²) < 4.78 is 5.37. The summed E-state index contributed by atoms with van der Waals surface area (Å²) in [5.74, 6) is -0.167. The normalized spacial score (nSPS) is 21.2. The van der Waals surface area contributed by atoms with Crippen molar-refractivity contribution in [3.63, 3.8) is 0 Å². The van der Waals surface area contributed by atoms with Crippen molar-refractivity contribution < 1.29 is 9.53 Å². The molecule has 0 unspecified atom stereocenters. The number of carbonyl (C=O) groups excluding carboxylic acids is 1. The van der Waals surface area contributed by atoms with Crippen molar-refractivity contribution in [1.29, 1.82) is 0 Å². The second kappa shape index (κ2) is 5.53. The quantitative estimate of drug-likeness (QED) is 0.850. The van der Waals surface area contributed by atoms with Gasteiger partial charge in [-0.25, -0.2) is 4.79 Å². The first-order valence-corrected chi connectivity index (χ1v) is 7.75. The van der Waals surface area contributed by atoms with E-state index in [2.05, 4.69) is 29.4 Å². The first-order valence-electron chi connectivity index (χ1n) is 7.75. The molecule has 0 bridgehead atoms. The summed E-state index contributed by atoms with van der Waals surface area (Å²) in [6.07, 6.45) is 2.59. The Morgan fingerprint density at radius 3 is 2.90 bits per heavy atom. The average molecular weight is 286 g/mol. The topological polar surface area (TPSA) is 54.1 Å². The number of hydrogen-bond acceptors (Lipinski definition) is 3. The van der Waals surface area contributed by atoms with Crippen LogP contribution in [0.25, 0.3) is 10.9 Å². The van der Waals surface area contributed by atoms with Gasteiger partial charge in [0.15, 0.2) is 5.54 Å². The van der Waals surface area contributed by atoms with Gasteiger partial charge in [-0.1, -0.05) is 31.5 Å². The van der Waals surface area contributed by atoms with Crippen LogP contribution in [0.3, 0.4) is 0 Å². The molecule has 0 saturated carbocycles. The van der Waals surface area contributed by atoms with E-state index in [1.165, 1.54) is 10.9 Å². The fraction of sp³-hybridized carbons (Fsp3) is 0.471. The van der Waals surface area contributed by atoms with Gasteiger partial charge in [-0.15, -0.1) is 0 Å². The third-order valence-electron chi connectivity index (χ3n) is 4.29. The third kappa shape index (κ3) is 2.14. The highest BCUT2D eigenvalue weighted by Crippen LogP contribution is 2.37. The van der Waals surface area contributed by atoms with Crippen molar-refractivity contribution >= 4 is 16.9 Å². The highest BCUT2D eigenvalue weighted by Gasteiger charge is 2.45. The minimum absolute atomic E-state index is 0.167. The zero-order valence-electron chi connectivity index (χ0n) is 12.7. The van der Waals surface area contributed by atoms with E-state index < -0.39 is 5.54 Å². The maximum atomic E-state index is 12.6. The summed E-state index contributed by atoms with van der Waals surface area (Å²) in [4.78, 5) is 16.1. The lowest BCUT2D eigenvalue weighted by molar-refractivity contribution is -0.152. The largest absolute Gasteiger partial charge is 0.464 e. The highest BCUT2D eigenvalue weighted by molar-refractivity contribution is 5.90. The number of aromatic nitrogens is 1. The molecule has 2 aromatic rings. The van der Waals surface area contributed by atoms with Crippen molar-refractivity contribution in [3.05, 3.63) is 35.5 Å². The summed E-state index contributed by atoms with van der Waals surface area (Å²) in [5, 5.41) is 4.65. The molecule has 0 radical (unpaired) electrons. The van der Waals surface area contributed by atoms with Gasteiger partial charge in [-0.3, -0.25) is 5.32 Å². The number of fused-ring (bicyclic) bond motifs is 3. The van der Waals surface area contributed by atoms with Crippen LogP contribution in [0.5, 0.6) is 0 Å². The molecule has 0 spiro atoms. The van der Waals surface area contributed by atoms with Gasteiger partial charge in [-0.05, 0) is 31.4 Å². The summed E-state index contributed by atoms with van der Waals surface area (Å²) in [7, 11) is 0. The van der Waals surface area contributed by atoms with Gasteiger partial charge in [0.25, 0.3) is 0 Å². The summed E-state index contributed by atoms with van der Waals surface area (Å²) in [6, 6.07) is 8.25. The van der Waals surface area contributed by atoms with Crippen molar-refractivity contribution in [2.45, 2.75) is 38.6 Å². The molecule has 4 heteroatoms. The summed E-state index contributed by atoms with van der Waals surface area (Å²) in [6.45, 7) is 5.15. The van der Waals surface area contributed by atoms with Crippen LogP contribution < -0.4 is 5.32 Å². The molecular weight excluding hydrogens is 264 g/mol. The van der Waals surface area contributed by atoms with Gasteiger partial charge in [0.2, 0.25) is 0 Å². The van der Waals surface area contributed by atoms with Crippen LogP contribution in [-0.4, -0.2) is 24.1 Å². The van der Waals surface area contributed by atoms with Gasteiger partial charge in [0.05, 0.1) is 12.3 Å². The third-order valence-corrected chi connectivity index (χ3v) is 4.29. The fourth-order valence-electron chi connectivity index (χ4n) is 3.43. The van der Waals surface area contributed by atoms with Crippen molar-refractivity contribution in [2.24, 2.45) is 0 Å². The van der Waals surface area contributed by atoms with Gasteiger partial charge in [0.1, 0.15) is 0 Å². The van der Waals surface area contributed by atoms with Crippen molar-refractivity contribution in [1.82, 2.24) is 10.3 Å². The number of ether oxygens (including phenoxy) is 1. The summed E-state index contributed by atoms with van der Waals surface area (Å²) in [5.41, 5.74) is 2.62. The smallest absolute Gasteiger partial charge is 0.332 e. The molecule has 2 heterocycles. The monoisotopic (exact) mass is 286 g/mol. The predicted octanol–water partition coefficient (Wildman–Crippen LogP) is 2.87. The fourth-order valence-corrected chi connectivity index (χ4v) is 3.43. The second-order valence-corrected chi connectivity index (χ2v) is 5.58. The van der Waals surface area contributed by atoms with Crippen LogP contribution in [0, 0.1) is 0 Å². The van der Waals surface area contributed by atoms with E-state index >= 15 is 0 Å². The lowest BCUT2D eigenvalue weighted by Crippen LogP contribution is -2.54. The SMILES string of the molecule is CCC[C@@]1(C(=O)OCC)NCCc2c1[nH]c1ccccc21. The molecule has 3 rings (SSSR count). The number of esters is 1. The maximum absolute atomic E-state index is 12.6. The molecule has 0 aliphatic carbocycles. The van der Waals surface area contributed by atoms with Crippen LogP contribution in [-0.2, 0) is 21.5 Å². The molecular formula is C17H22N2O2. The molecule has 4 nitrogen and oxygen atoms in total. The maximum Gasteiger partial charge on any atom is 0.332 e. The number of carbonyl (C=O) groups is 1. The number of hydrogen-bond donors (Lipinski definition) is 2. The molecule has 1 aromatic heterocycles. The number of H-pyrrole nitrogens is 1. The van der Waals surface area contributed by atoms with Gasteiger partial charge >= 0.3 is 5.97 Å². The molecule has 0 amide bonds. The predicted molar refractivity (Wildman–Crippen MR) is 83.2 cm³/mol. The van der Waals surface area contributed by atoms with Crippen LogP contribution in [0.2, 0.25) is 0 Å². The first kappa shape index (κ1) is 14.1. The van der Waals surface area contributed by atoms with E-state index in [-0.39, 0.29) is 5.97 Å². The molecule has 1 aliphatic heterocycles. The van der Waals surface area contributed by atoms with Crippen molar-refractivity contribution in [3.8, 4) is 0 Å². The molecule has 2 N–H and O–H groups in total. The van der Waals surface area contributed by atoms with E-state index in [9.17, 15) is 4.79 Å². The van der Waals surface area contributed by atoms with E-state index in [0.717, 1.165) is 37.0 Å². The van der Waals surface area contributed by atoms with Crippen LogP contribution in [0.15, 0.2) is 24.3 Å². The lowest BCUT2D eigenvalue weighted by Gasteiger charge is -2.36. The second-order valence-electron chi connectivity index (χ2n) is 5.58. The molecule has 1 aromatic carbocycles. The Morgan fingerprint density at radius 1 is 1.33 bits per heavy atom. The minimum atomic E-state index is -0.725. The zero-order valence-corrected chi connectivity index (χ0v) is 12.7. The Kier molecular flexibility index (Phi) is 3.72. The molecule has 0 fully saturated rings. The lowest BCUT2D eigenvalue weighted by atomic mass is 9.83. The number of para-hydroxylation sites is 1. The Morgan fingerprint density at radius 2 is 2.14 bits per heavy atom. The van der Waals surface area contributed by atoms with E-state index in [4.69, 9.17) is 4.74 Å². The highest BCUT2D eigenvalue weighted by atomic mass is 16.5. The molecule has 21 heavy (non-hydrogen) atoms. The molecule has 112 valence electrons. The van der Waals surface area contributed by atoms with Gasteiger partial charge in [-0.2, -0.15) is 0 Å². The van der Waals surface area contributed by atoms with Crippen LogP contribution in [0.1, 0.15) is 37.9 Å². The van der Waals surface area contributed by atoms with Crippen LogP contribution in [0.4, 0.5) is 0 Å². The Hall–Kier alpha value is -1.81. The zero-order chi connectivity index (χ0) is 14.9. The number of aromatic amines is 1. The number of benzene rings is 1. The van der Waals surface area contributed by atoms with E-state index in [1.54, 1.807) is 0 Å². The average Bonchev–Trinajstić information content (AvgIpc) is 2.88. The molecule has 0 saturated heterocycles. The number of nitrogens with one attached hydrogen (secondary N) is 2. The standard InChI is InChI=1S/C17H22N2O2/c1-3-10-17(16(20)21-4-2)15-13(9-11-18-17)12-7-5-6-8-14(12)19-15/h5-8,18-19H,3-4,9-11H2,1-2H3/t17-/m1/s1. The van der Waals surface area contributed by atoms with Crippen LogP contribution >= 0.6 is 0 Å². The van der Waals surface area contributed by atoms with E-state index in [0.29, 0.717) is 6.61 Å². The Balaban J connectivity index is 2.18. The minimum Gasteiger partial charge on any atom is -0.464 e. The van der Waals surface area contributed by atoms with Gasteiger partial charge in [0, 0.05) is 17.4 Å².